The van der Waals surface area contributed by atoms with Gasteiger partial charge in [0.1, 0.15) is 0 Å². The third-order valence-electron chi connectivity index (χ3n) is 3.40. The first-order valence-electron chi connectivity index (χ1n) is 7.76. The van der Waals surface area contributed by atoms with Crippen LogP contribution in [0.5, 0.6) is 0 Å². The molecule has 0 radical (unpaired) electrons. The minimum atomic E-state index is -4.05. The second kappa shape index (κ2) is 9.33. The molecule has 1 atom stereocenters. The maximum absolute atomic E-state index is 12.0. The fourth-order valence-electron chi connectivity index (χ4n) is 2.19. The molecule has 2 nitrogen and oxygen atoms in total. The molecule has 1 aromatic rings. The van der Waals surface area contributed by atoms with E-state index in [-0.39, 0.29) is 17.1 Å². The Balaban J connectivity index is 2.38. The van der Waals surface area contributed by atoms with Gasteiger partial charge in [0.15, 0.2) is 0 Å². The summed E-state index contributed by atoms with van der Waals surface area (Å²) in [4.78, 5) is 12.0. The Labute approximate surface area is 142 Å². The predicted octanol–water partition coefficient (Wildman–Crippen LogP) is 4.14. The number of hydrogen-bond acceptors (Lipinski definition) is 1. The molecule has 1 amide bonds. The molecule has 0 heterocycles. The van der Waals surface area contributed by atoms with Gasteiger partial charge in [-0.1, -0.05) is 13.8 Å². The molecule has 0 fully saturated rings. The molecular formula is C17H24F3NOSe. The third kappa shape index (κ3) is 8.42. The zero-order chi connectivity index (χ0) is 17.5. The summed E-state index contributed by atoms with van der Waals surface area (Å²) in [5.41, 5.74) is 2.17. The molecule has 6 heteroatoms. The first-order chi connectivity index (χ1) is 10.7. The minimum absolute atomic E-state index is 0.106. The van der Waals surface area contributed by atoms with Crippen molar-refractivity contribution in [2.45, 2.75) is 49.9 Å². The van der Waals surface area contributed by atoms with Crippen LogP contribution in [0.25, 0.3) is 0 Å². The molecule has 23 heavy (non-hydrogen) atoms. The normalized spacial score (nSPS) is 13.2. The number of carbonyl (C=O) groups excluding carboxylic acids is 1. The molecule has 1 rings (SSSR count). The van der Waals surface area contributed by atoms with Gasteiger partial charge >= 0.3 is 128 Å². The van der Waals surface area contributed by atoms with E-state index in [0.29, 0.717) is 18.9 Å². The fourth-order valence-corrected chi connectivity index (χ4v) is 3.28. The number of hydrogen-bond donors (Lipinski definition) is 1. The van der Waals surface area contributed by atoms with E-state index < -0.39 is 20.0 Å². The molecule has 1 unspecified atom stereocenters. The first kappa shape index (κ1) is 20.0. The molecular weight excluding hydrogens is 370 g/mol. The van der Waals surface area contributed by atoms with Crippen LogP contribution >= 0.6 is 0 Å². The first-order valence-corrected chi connectivity index (χ1v) is 9.83. The molecule has 0 bridgehead atoms. The quantitative estimate of drug-likeness (QED) is 0.521. The molecule has 0 aliphatic carbocycles. The van der Waals surface area contributed by atoms with E-state index in [9.17, 15) is 18.0 Å². The second-order valence-electron chi connectivity index (χ2n) is 6.00. The molecule has 1 N–H and O–H groups in total. The molecule has 0 aliphatic rings. The van der Waals surface area contributed by atoms with Crippen molar-refractivity contribution in [1.29, 1.82) is 0 Å². The number of carbonyl (C=O) groups is 1. The number of nitrogens with one attached hydrogen (secondary N) is 1. The molecule has 0 saturated carbocycles. The predicted molar refractivity (Wildman–Crippen MR) is 87.6 cm³/mol. The molecule has 0 aliphatic heterocycles. The molecule has 0 spiro atoms. The Morgan fingerprint density at radius 2 is 1.78 bits per heavy atom. The fraction of sp³-hybridized carbons (Fsp3) is 0.588. The zero-order valence-electron chi connectivity index (χ0n) is 13.7. The monoisotopic (exact) mass is 395 g/mol. The molecule has 0 saturated heterocycles. The Bertz CT molecular complexity index is 486. The Hall–Kier alpha value is -1.00. The van der Waals surface area contributed by atoms with Gasteiger partial charge in [-0.3, -0.25) is 0 Å². The van der Waals surface area contributed by atoms with Crippen LogP contribution in [0.4, 0.5) is 13.2 Å². The van der Waals surface area contributed by atoms with Gasteiger partial charge in [0.05, 0.1) is 0 Å². The van der Waals surface area contributed by atoms with Gasteiger partial charge in [-0.25, -0.2) is 0 Å². The van der Waals surface area contributed by atoms with Crippen molar-refractivity contribution >= 4 is 20.9 Å². The number of halogens is 3. The van der Waals surface area contributed by atoms with E-state index in [0.717, 1.165) is 12.0 Å². The van der Waals surface area contributed by atoms with Crippen LogP contribution in [0.15, 0.2) is 24.3 Å². The van der Waals surface area contributed by atoms with Gasteiger partial charge in [0.25, 0.3) is 0 Å². The van der Waals surface area contributed by atoms with Crippen LogP contribution in [0.2, 0.25) is 5.32 Å². The SMILES string of the molecule is CC(C)Cc1ccc(C(C)C(=O)NCCC[Se]C(F)(F)F)cc1. The van der Waals surface area contributed by atoms with Crippen LogP contribution in [-0.2, 0) is 11.2 Å². The van der Waals surface area contributed by atoms with E-state index in [4.69, 9.17) is 0 Å². The molecule has 0 aromatic heterocycles. The van der Waals surface area contributed by atoms with E-state index >= 15 is 0 Å². The topological polar surface area (TPSA) is 29.1 Å². The van der Waals surface area contributed by atoms with Crippen molar-refractivity contribution < 1.29 is 18.0 Å². The molecule has 1 aromatic carbocycles. The summed E-state index contributed by atoms with van der Waals surface area (Å²) in [5, 5.41) is -1.23. The van der Waals surface area contributed by atoms with Gasteiger partial charge in [-0.05, 0) is 0 Å². The van der Waals surface area contributed by atoms with Gasteiger partial charge in [0, 0.05) is 0 Å². The summed E-state index contributed by atoms with van der Waals surface area (Å²) in [5.74, 6) is 0.150. The summed E-state index contributed by atoms with van der Waals surface area (Å²) in [7, 11) is 0. The average Bonchev–Trinajstić information content (AvgIpc) is 2.45. The standard InChI is InChI=1S/C17H24F3NOSe/c1-12(2)11-14-5-7-15(8-6-14)13(3)16(22)21-9-4-10-23-17(18,19)20/h5-8,12-13H,4,9-11H2,1-3H3,(H,21,22). The van der Waals surface area contributed by atoms with Crippen LogP contribution in [0.3, 0.4) is 0 Å². The third-order valence-corrected chi connectivity index (χ3v) is 5.12. The Morgan fingerprint density at radius 3 is 2.30 bits per heavy atom. The van der Waals surface area contributed by atoms with Crippen LogP contribution in [0.1, 0.15) is 44.2 Å². The van der Waals surface area contributed by atoms with Crippen LogP contribution in [-0.4, -0.2) is 32.5 Å². The summed E-state index contributed by atoms with van der Waals surface area (Å²) in [6, 6.07) is 7.97. The average molecular weight is 394 g/mol. The van der Waals surface area contributed by atoms with E-state index in [2.05, 4.69) is 19.2 Å². The van der Waals surface area contributed by atoms with Gasteiger partial charge in [-0.2, -0.15) is 0 Å². The number of amides is 1. The summed E-state index contributed by atoms with van der Waals surface area (Å²) >= 11 is -1.35. The van der Waals surface area contributed by atoms with Crippen molar-refractivity contribution in [3.63, 3.8) is 0 Å². The van der Waals surface area contributed by atoms with Gasteiger partial charge in [-0.15, -0.1) is 0 Å². The number of benzene rings is 1. The van der Waals surface area contributed by atoms with Gasteiger partial charge < -0.3 is 0 Å². The summed E-state index contributed by atoms with van der Waals surface area (Å²) in [6.07, 6.45) is 1.37. The van der Waals surface area contributed by atoms with Gasteiger partial charge in [0.2, 0.25) is 0 Å². The zero-order valence-corrected chi connectivity index (χ0v) is 15.5. The van der Waals surface area contributed by atoms with E-state index in [1.165, 1.54) is 5.56 Å². The number of rotatable bonds is 8. The van der Waals surface area contributed by atoms with E-state index in [1.54, 1.807) is 0 Å². The maximum atomic E-state index is 12.0. The molecule has 130 valence electrons. The van der Waals surface area contributed by atoms with Crippen LogP contribution in [0, 0.1) is 5.92 Å². The Kier molecular flexibility index (Phi) is 8.13. The number of alkyl halides is 3. The van der Waals surface area contributed by atoms with Crippen LogP contribution < -0.4 is 5.32 Å². The second-order valence-corrected chi connectivity index (χ2v) is 8.43. The van der Waals surface area contributed by atoms with Crippen molar-refractivity contribution in [3.05, 3.63) is 35.4 Å². The van der Waals surface area contributed by atoms with E-state index in [1.807, 2.05) is 31.2 Å². The van der Waals surface area contributed by atoms with Crippen molar-refractivity contribution in [2.24, 2.45) is 5.92 Å². The summed E-state index contributed by atoms with van der Waals surface area (Å²) < 4.78 is 36.1. The summed E-state index contributed by atoms with van der Waals surface area (Å²) in [6.45, 7) is 6.42. The van der Waals surface area contributed by atoms with Crippen molar-refractivity contribution in [2.75, 3.05) is 6.54 Å². The van der Waals surface area contributed by atoms with Crippen molar-refractivity contribution in [3.8, 4) is 0 Å². The van der Waals surface area contributed by atoms with Crippen molar-refractivity contribution in [1.82, 2.24) is 5.32 Å². The Morgan fingerprint density at radius 1 is 1.17 bits per heavy atom.